The first-order chi connectivity index (χ1) is 14.0. The third-order valence-corrected chi connectivity index (χ3v) is 5.42. The van der Waals surface area contributed by atoms with Crippen LogP contribution in [-0.4, -0.2) is 28.4 Å². The first-order valence-corrected chi connectivity index (χ1v) is 10.3. The maximum Gasteiger partial charge on any atom is 0.277 e. The number of thioether (sulfide) groups is 1. The summed E-state index contributed by atoms with van der Waals surface area (Å²) in [7, 11) is 0. The van der Waals surface area contributed by atoms with E-state index in [2.05, 4.69) is 16.3 Å². The van der Waals surface area contributed by atoms with Crippen LogP contribution < -0.4 is 4.90 Å². The van der Waals surface area contributed by atoms with Crippen LogP contribution in [0.4, 0.5) is 5.69 Å². The van der Waals surface area contributed by atoms with Gasteiger partial charge < -0.3 is 9.32 Å². The summed E-state index contributed by atoms with van der Waals surface area (Å²) in [6, 6.07) is 15.0. The number of amides is 1. The van der Waals surface area contributed by atoms with Crippen LogP contribution >= 0.6 is 23.4 Å². The van der Waals surface area contributed by atoms with E-state index in [-0.39, 0.29) is 18.1 Å². The van der Waals surface area contributed by atoms with E-state index in [9.17, 15) is 4.79 Å². The monoisotopic (exact) mass is 426 g/mol. The van der Waals surface area contributed by atoms with Crippen LogP contribution in [0, 0.1) is 25.2 Å². The minimum absolute atomic E-state index is 0.125. The van der Waals surface area contributed by atoms with Gasteiger partial charge in [0.25, 0.3) is 5.22 Å². The molecular weight excluding hydrogens is 408 g/mol. The number of halogens is 1. The Balaban J connectivity index is 1.69. The Morgan fingerprint density at radius 2 is 1.93 bits per heavy atom. The molecule has 0 saturated carbocycles. The van der Waals surface area contributed by atoms with E-state index in [0.717, 1.165) is 22.4 Å². The number of aromatic nitrogens is 2. The van der Waals surface area contributed by atoms with Crippen LogP contribution in [-0.2, 0) is 4.79 Å². The summed E-state index contributed by atoms with van der Waals surface area (Å²) < 4.78 is 5.64. The van der Waals surface area contributed by atoms with Crippen LogP contribution in [0.5, 0.6) is 0 Å². The number of aryl methyl sites for hydroxylation is 2. The van der Waals surface area contributed by atoms with E-state index < -0.39 is 0 Å². The summed E-state index contributed by atoms with van der Waals surface area (Å²) in [5, 5.41) is 17.9. The minimum atomic E-state index is -0.125. The molecule has 2 aromatic carbocycles. The molecule has 0 saturated heterocycles. The van der Waals surface area contributed by atoms with Gasteiger partial charge in [-0.15, -0.1) is 10.2 Å². The van der Waals surface area contributed by atoms with Crippen LogP contribution in [0.25, 0.3) is 11.5 Å². The van der Waals surface area contributed by atoms with Crippen LogP contribution in [0.3, 0.4) is 0 Å². The predicted molar refractivity (Wildman–Crippen MR) is 114 cm³/mol. The molecule has 1 aromatic heterocycles. The van der Waals surface area contributed by atoms with Gasteiger partial charge in [-0.05, 0) is 61.4 Å². The zero-order chi connectivity index (χ0) is 20.8. The largest absolute Gasteiger partial charge is 0.411 e. The molecule has 0 aliphatic carbocycles. The van der Waals surface area contributed by atoms with Crippen LogP contribution in [0.15, 0.2) is 52.1 Å². The lowest BCUT2D eigenvalue weighted by Crippen LogP contribution is -2.33. The lowest BCUT2D eigenvalue weighted by atomic mass is 10.1. The standard InChI is InChI=1S/C21H19ClN4O2S/c1-14-4-9-18(12-15(14)2)26(11-3-10-23)19(27)13-29-21-25-24-20(28-21)16-5-7-17(22)8-6-16/h4-9,12H,3,11,13H2,1-2H3. The second kappa shape index (κ2) is 9.59. The molecule has 0 atom stereocenters. The minimum Gasteiger partial charge on any atom is -0.411 e. The van der Waals surface area contributed by atoms with E-state index in [0.29, 0.717) is 22.7 Å². The summed E-state index contributed by atoms with van der Waals surface area (Å²) in [6.45, 7) is 4.35. The molecule has 1 heterocycles. The van der Waals surface area contributed by atoms with Crippen molar-refractivity contribution in [3.05, 3.63) is 58.6 Å². The lowest BCUT2D eigenvalue weighted by molar-refractivity contribution is -0.116. The third-order valence-electron chi connectivity index (χ3n) is 4.37. The highest BCUT2D eigenvalue weighted by atomic mass is 35.5. The fraction of sp³-hybridized carbons (Fsp3) is 0.238. The van der Waals surface area contributed by atoms with Gasteiger partial charge in [-0.1, -0.05) is 29.4 Å². The number of nitrogens with zero attached hydrogens (tertiary/aromatic N) is 4. The maximum atomic E-state index is 12.8. The zero-order valence-corrected chi connectivity index (χ0v) is 17.6. The second-order valence-electron chi connectivity index (χ2n) is 6.39. The van der Waals surface area contributed by atoms with Gasteiger partial charge in [0.15, 0.2) is 0 Å². The molecule has 3 rings (SSSR count). The molecule has 0 fully saturated rings. The van der Waals surface area contributed by atoms with Crippen LogP contribution in [0.1, 0.15) is 17.5 Å². The fourth-order valence-electron chi connectivity index (χ4n) is 2.63. The molecule has 0 unspecified atom stereocenters. The van der Waals surface area contributed by atoms with Crippen molar-refractivity contribution in [1.82, 2.24) is 10.2 Å². The molecule has 0 N–H and O–H groups in total. The Bertz CT molecular complexity index is 1040. The smallest absolute Gasteiger partial charge is 0.277 e. The molecule has 6 nitrogen and oxygen atoms in total. The molecule has 0 aliphatic rings. The molecular formula is C21H19ClN4O2S. The normalized spacial score (nSPS) is 10.6. The Morgan fingerprint density at radius 3 is 2.62 bits per heavy atom. The Labute approximate surface area is 178 Å². The topological polar surface area (TPSA) is 83.0 Å². The van der Waals surface area contributed by atoms with Gasteiger partial charge in [-0.2, -0.15) is 5.26 Å². The maximum absolute atomic E-state index is 12.8. The molecule has 29 heavy (non-hydrogen) atoms. The number of carbonyl (C=O) groups excluding carboxylic acids is 1. The van der Waals surface area contributed by atoms with Crippen molar-refractivity contribution in [1.29, 1.82) is 5.26 Å². The number of hydrogen-bond donors (Lipinski definition) is 0. The molecule has 0 aliphatic heterocycles. The van der Waals surface area contributed by atoms with Crippen molar-refractivity contribution in [3.8, 4) is 17.5 Å². The summed E-state index contributed by atoms with van der Waals surface area (Å²) in [5.74, 6) is 0.368. The zero-order valence-electron chi connectivity index (χ0n) is 16.1. The number of rotatable bonds is 7. The molecule has 1 amide bonds. The SMILES string of the molecule is Cc1ccc(N(CCC#N)C(=O)CSc2nnc(-c3ccc(Cl)cc3)o2)cc1C. The fourth-order valence-corrected chi connectivity index (χ4v) is 3.40. The first-order valence-electron chi connectivity index (χ1n) is 8.94. The van der Waals surface area contributed by atoms with Crippen molar-refractivity contribution in [2.24, 2.45) is 0 Å². The number of carbonyl (C=O) groups is 1. The molecule has 3 aromatic rings. The third kappa shape index (κ3) is 5.37. The summed E-state index contributed by atoms with van der Waals surface area (Å²) in [6.07, 6.45) is 0.255. The van der Waals surface area contributed by atoms with Gasteiger partial charge in [0, 0.05) is 22.8 Å². The molecule has 0 spiro atoms. The summed E-state index contributed by atoms with van der Waals surface area (Å²) in [5.41, 5.74) is 3.78. The Morgan fingerprint density at radius 1 is 1.17 bits per heavy atom. The van der Waals surface area contributed by atoms with Gasteiger partial charge in [0.05, 0.1) is 18.2 Å². The van der Waals surface area contributed by atoms with Gasteiger partial charge in [0.2, 0.25) is 11.8 Å². The van der Waals surface area contributed by atoms with E-state index in [4.69, 9.17) is 21.3 Å². The van der Waals surface area contributed by atoms with E-state index in [1.165, 1.54) is 11.8 Å². The first kappa shape index (κ1) is 20.9. The number of hydrogen-bond acceptors (Lipinski definition) is 6. The summed E-state index contributed by atoms with van der Waals surface area (Å²) in [4.78, 5) is 14.4. The van der Waals surface area contributed by atoms with Gasteiger partial charge in [0.1, 0.15) is 0 Å². The van der Waals surface area contributed by atoms with Crippen molar-refractivity contribution < 1.29 is 9.21 Å². The van der Waals surface area contributed by atoms with Crippen molar-refractivity contribution in [3.63, 3.8) is 0 Å². The highest BCUT2D eigenvalue weighted by Gasteiger charge is 2.18. The van der Waals surface area contributed by atoms with Gasteiger partial charge in [-0.25, -0.2) is 0 Å². The molecule has 8 heteroatoms. The molecule has 0 radical (unpaired) electrons. The lowest BCUT2D eigenvalue weighted by Gasteiger charge is -2.22. The molecule has 148 valence electrons. The highest BCUT2D eigenvalue weighted by molar-refractivity contribution is 7.99. The molecule has 0 bridgehead atoms. The van der Waals surface area contributed by atoms with Crippen molar-refractivity contribution in [2.75, 3.05) is 17.2 Å². The second-order valence-corrected chi connectivity index (χ2v) is 7.75. The average molecular weight is 427 g/mol. The Hall–Kier alpha value is -2.82. The predicted octanol–water partition coefficient (Wildman–Crippen LogP) is 5.05. The van der Waals surface area contributed by atoms with Gasteiger partial charge in [-0.3, -0.25) is 4.79 Å². The van der Waals surface area contributed by atoms with Crippen LogP contribution in [0.2, 0.25) is 5.02 Å². The number of benzene rings is 2. The van der Waals surface area contributed by atoms with Gasteiger partial charge >= 0.3 is 0 Å². The van der Waals surface area contributed by atoms with Crippen molar-refractivity contribution in [2.45, 2.75) is 25.5 Å². The number of anilines is 1. The average Bonchev–Trinajstić information content (AvgIpc) is 3.19. The van der Waals surface area contributed by atoms with E-state index in [1.54, 1.807) is 29.2 Å². The van der Waals surface area contributed by atoms with E-state index >= 15 is 0 Å². The van der Waals surface area contributed by atoms with Crippen molar-refractivity contribution >= 4 is 35.0 Å². The highest BCUT2D eigenvalue weighted by Crippen LogP contribution is 2.26. The summed E-state index contributed by atoms with van der Waals surface area (Å²) >= 11 is 7.06. The quantitative estimate of drug-likeness (QED) is 0.492. The van der Waals surface area contributed by atoms with E-state index in [1.807, 2.05) is 32.0 Å². The Kier molecular flexibility index (Phi) is 6.91. The number of nitriles is 1.